The third kappa shape index (κ3) is 150. The van der Waals surface area contributed by atoms with E-state index in [9.17, 15) is 24.0 Å². The smallest absolute Gasteiger partial charge is 0.140 e. The molecule has 0 saturated heterocycles. The van der Waals surface area contributed by atoms with Crippen molar-refractivity contribution in [3.05, 3.63) is 12.2 Å². The zero-order valence-corrected chi connectivity index (χ0v) is 96.6. The molecule has 0 aliphatic carbocycles. The lowest BCUT2D eigenvalue weighted by atomic mass is 9.78. The van der Waals surface area contributed by atoms with Crippen LogP contribution >= 0.6 is 11.8 Å². The molecule has 10 heteroatoms. The Morgan fingerprint density at radius 1 is 0.246 bits per heavy atom. The van der Waals surface area contributed by atoms with E-state index in [0.29, 0.717) is 125 Å². The summed E-state index contributed by atoms with van der Waals surface area (Å²) >= 11 is 2.07. The molecule has 0 heterocycles. The van der Waals surface area contributed by atoms with Crippen LogP contribution in [0.3, 0.4) is 0 Å². The van der Waals surface area contributed by atoms with Gasteiger partial charge in [-0.05, 0) is 157 Å². The Kier molecular flexibility index (Phi) is 69.6. The molecule has 0 saturated carbocycles. The molecular formula is C112H233NO8S. The van der Waals surface area contributed by atoms with Gasteiger partial charge < -0.3 is 19.1 Å². The Morgan fingerprint density at radius 2 is 0.516 bits per heavy atom. The lowest BCUT2D eigenvalue weighted by Gasteiger charge is -2.31. The summed E-state index contributed by atoms with van der Waals surface area (Å²) in [7, 11) is 2.20. The van der Waals surface area contributed by atoms with Crippen LogP contribution in [0, 0.1) is 108 Å². The molecule has 0 amide bonds. The third-order valence-corrected chi connectivity index (χ3v) is 18.6. The van der Waals surface area contributed by atoms with E-state index < -0.39 is 0 Å². The molecule has 0 radical (unpaired) electrons. The molecule has 0 N–H and O–H groups in total. The molecule has 0 aliphatic rings. The first-order chi connectivity index (χ1) is 52.5. The van der Waals surface area contributed by atoms with Crippen molar-refractivity contribution in [2.24, 2.45) is 108 Å². The van der Waals surface area contributed by atoms with Gasteiger partial charge >= 0.3 is 0 Å². The highest BCUT2D eigenvalue weighted by molar-refractivity contribution is 7.99. The first kappa shape index (κ1) is 141. The number of nitrogens with zero attached hydrogens (tertiary/aromatic N) is 1. The van der Waals surface area contributed by atoms with Crippen LogP contribution in [0.1, 0.15) is 505 Å². The maximum atomic E-state index is 11.6. The van der Waals surface area contributed by atoms with Gasteiger partial charge in [0.1, 0.15) is 28.9 Å². The predicted octanol–water partition coefficient (Wildman–Crippen LogP) is 35.4. The van der Waals surface area contributed by atoms with E-state index in [4.69, 9.17) is 14.2 Å². The van der Waals surface area contributed by atoms with Crippen molar-refractivity contribution in [2.45, 2.75) is 505 Å². The summed E-state index contributed by atoms with van der Waals surface area (Å²) in [5, 5.41) is 0. The number of hydrogen-bond donors (Lipinski definition) is 0. The number of Topliss-reactive ketones (excluding diaryl/α,β-unsaturated/α-hetero) is 5. The number of hydrogen-bond acceptors (Lipinski definition) is 10. The van der Waals surface area contributed by atoms with Gasteiger partial charge in [0.15, 0.2) is 0 Å². The van der Waals surface area contributed by atoms with Crippen LogP contribution in [0.25, 0.3) is 0 Å². The lowest BCUT2D eigenvalue weighted by Crippen LogP contribution is -2.35. The first-order valence-corrected chi connectivity index (χ1v) is 49.0. The number of ketones is 5. The van der Waals surface area contributed by atoms with Gasteiger partial charge in [-0.25, -0.2) is 0 Å². The molecule has 0 bridgehead atoms. The molecular weight excluding hydrogens is 1520 g/mol. The number of rotatable bonds is 25. The minimum absolute atomic E-state index is 0.129. The highest BCUT2D eigenvalue weighted by atomic mass is 32.2. The van der Waals surface area contributed by atoms with Crippen molar-refractivity contribution in [3.8, 4) is 0 Å². The van der Waals surface area contributed by atoms with Crippen molar-refractivity contribution < 1.29 is 38.2 Å². The fourth-order valence-electron chi connectivity index (χ4n) is 10.4. The molecule has 740 valence electrons. The van der Waals surface area contributed by atoms with Crippen LogP contribution in [-0.2, 0) is 38.2 Å². The zero-order valence-electron chi connectivity index (χ0n) is 95.7. The van der Waals surface area contributed by atoms with Crippen LogP contribution in [-0.4, -0.2) is 105 Å². The minimum atomic E-state index is -0.321. The number of allylic oxidation sites excluding steroid dienone is 2. The van der Waals surface area contributed by atoms with Crippen molar-refractivity contribution in [1.29, 1.82) is 0 Å². The van der Waals surface area contributed by atoms with E-state index in [-0.39, 0.29) is 44.4 Å². The van der Waals surface area contributed by atoms with Crippen molar-refractivity contribution in [3.63, 3.8) is 0 Å². The molecule has 0 unspecified atom stereocenters. The highest BCUT2D eigenvalue weighted by Crippen LogP contribution is 2.34. The molecule has 0 fully saturated rings. The molecule has 122 heavy (non-hydrogen) atoms. The van der Waals surface area contributed by atoms with E-state index in [1.54, 1.807) is 0 Å². The Labute approximate surface area is 776 Å². The summed E-state index contributed by atoms with van der Waals surface area (Å²) < 4.78 is 16.6. The molecule has 0 spiro atoms. The second-order valence-corrected chi connectivity index (χ2v) is 60.3. The van der Waals surface area contributed by atoms with Crippen LogP contribution in [0.5, 0.6) is 0 Å². The Hall–Kier alpha value is -1.72. The van der Waals surface area contributed by atoms with Gasteiger partial charge in [0.25, 0.3) is 0 Å². The fourth-order valence-corrected chi connectivity index (χ4v) is 11.7. The van der Waals surface area contributed by atoms with Gasteiger partial charge in [-0.15, -0.1) is 0 Å². The summed E-state index contributed by atoms with van der Waals surface area (Å²) in [6.45, 7) is 138. The predicted molar refractivity (Wildman–Crippen MR) is 555 cm³/mol. The normalized spacial score (nSPS) is 13.4. The molecule has 0 aromatic carbocycles. The monoisotopic (exact) mass is 1750 g/mol. The third-order valence-electron chi connectivity index (χ3n) is 16.5. The van der Waals surface area contributed by atoms with E-state index in [0.717, 1.165) is 78.0 Å². The summed E-state index contributed by atoms with van der Waals surface area (Å²) in [6.07, 6.45) is 17.2. The molecule has 0 aromatic rings. The van der Waals surface area contributed by atoms with Crippen molar-refractivity contribution in [1.82, 2.24) is 4.90 Å². The largest absolute Gasteiger partial charge is 0.381 e. The SMILES string of the molecule is CC(C)(C)C(=O)CCC(=O)C(C)(C)C.CC(C)(C)C/C=C/CC(C)(C)C.CC(C)(C)CC(=O)C(C)(C)C.CC(C)(C)CC(C)(C)C.CC(C)(C)CCCC(=O)CCC(C)(C)C.CC(C)(C)CCOCC(C)(C)C.CC(C)(C)CCOCCC(=O)C(C)(C)C.CC(C)(C)COCC(C)(C)C.CC(C)(C)CSCC(C)(C)C.CN(CC(C)(C)C)CC(C)(C)C. The Balaban J connectivity index is -0.000000143. The fraction of sp³-hybridized carbons (Fsp3) is 0.938. The van der Waals surface area contributed by atoms with E-state index >= 15 is 0 Å². The van der Waals surface area contributed by atoms with E-state index in [1.165, 1.54) is 43.9 Å². The molecule has 0 aliphatic heterocycles. The van der Waals surface area contributed by atoms with Crippen LogP contribution in [0.2, 0.25) is 0 Å². The van der Waals surface area contributed by atoms with E-state index in [2.05, 4.69) is 368 Å². The number of carbonyl (C=O) groups is 5. The summed E-state index contributed by atoms with van der Waals surface area (Å²) in [6, 6.07) is 0. The molecule has 9 nitrogen and oxygen atoms in total. The average Bonchev–Trinajstić information content (AvgIpc) is 0.888. The van der Waals surface area contributed by atoms with Gasteiger partial charge in [-0.1, -0.05) is 428 Å². The van der Waals surface area contributed by atoms with Gasteiger partial charge in [-0.2, -0.15) is 11.8 Å². The van der Waals surface area contributed by atoms with Crippen LogP contribution in [0.15, 0.2) is 12.2 Å². The standard InChI is InChI=1S/C14H28O.C13H26O2.C12H22O2.C12H24.C11H25N.C11H24O.C10H22O.C10H20O.C10H22S.C9H20/c1-13(2,3)10-7-8-12(15)9-11-14(4,5)6;1-12(2,3)8-10-15-9-7-11(14)13(4,5)6;1-11(2,3)9(13)7-8-10(14)12(4,5)6;1-11(2,3)9-7-8-10-12(4,5)6;1-10(2,3)8-12(7)9-11(4,5)6;1-10(2,3)7-8-12-9-11(4,5)6;1-9(2,3)7-11-8-10(4,5)6;1-9(2,3)7-8(11)10(4,5)6;1-9(2,3)7-11-8-10(4,5)6;1-8(2,3)7-9(4,5)6/h7-11H2,1-6H3;7-10H2,1-6H3;7-8H2,1-6H3;7-8H,9-10H2,1-6H3;8-9H2,1-7H3;7-9H2,1-6H3;7-8H2,1-6H3;7H2,1-6H3;7-8H2,1-6H3;7H2,1-6H3/b;;;8-7+;;;;;;. The van der Waals surface area contributed by atoms with Crippen LogP contribution in [0.4, 0.5) is 0 Å². The summed E-state index contributed by atoms with van der Waals surface area (Å²) in [4.78, 5) is 60.1. The second kappa shape index (κ2) is 60.4. The minimum Gasteiger partial charge on any atom is -0.381 e. The Bertz CT molecular complexity index is 2500. The number of carbonyl (C=O) groups excluding carboxylic acids is 5. The second-order valence-electron chi connectivity index (χ2n) is 59.4. The molecule has 0 aromatic heterocycles. The van der Waals surface area contributed by atoms with Gasteiger partial charge in [0.05, 0.1) is 26.4 Å². The molecule has 0 rings (SSSR count). The highest BCUT2D eigenvalue weighted by Gasteiger charge is 2.29. The first-order valence-electron chi connectivity index (χ1n) is 47.8. The van der Waals surface area contributed by atoms with Gasteiger partial charge in [0.2, 0.25) is 0 Å². The maximum Gasteiger partial charge on any atom is 0.140 e. The zero-order chi connectivity index (χ0) is 101. The quantitative estimate of drug-likeness (QED) is 0.0646. The Morgan fingerprint density at radius 3 is 0.730 bits per heavy atom. The van der Waals surface area contributed by atoms with Gasteiger partial charge in [0, 0.05) is 86.5 Å². The lowest BCUT2D eigenvalue weighted by molar-refractivity contribution is -0.131. The van der Waals surface area contributed by atoms with Crippen LogP contribution < -0.4 is 0 Å². The van der Waals surface area contributed by atoms with Gasteiger partial charge in [-0.3, -0.25) is 24.0 Å². The van der Waals surface area contributed by atoms with E-state index in [1.807, 2.05) is 83.1 Å². The molecule has 0 atom stereocenters. The van der Waals surface area contributed by atoms with Crippen molar-refractivity contribution in [2.75, 3.05) is 71.3 Å². The summed E-state index contributed by atoms with van der Waals surface area (Å²) in [5.41, 5.74) is 5.00. The number of thioether (sulfide) groups is 1. The topological polar surface area (TPSA) is 116 Å². The summed E-state index contributed by atoms with van der Waals surface area (Å²) in [5.74, 6) is 3.93. The maximum absolute atomic E-state index is 11.6. The number of ether oxygens (including phenoxy) is 3. The van der Waals surface area contributed by atoms with Crippen molar-refractivity contribution >= 4 is 40.7 Å². The average molecular weight is 1750 g/mol.